The molecule has 0 fully saturated rings. The van der Waals surface area contributed by atoms with Crippen molar-refractivity contribution in [3.05, 3.63) is 34.9 Å². The standard InChI is InChI=1S/C15H16O2/c1-9-13(17)5-6-15(2)8-10-7-11(16)3-4-12(10)14(9)15/h3-4,7,16H,5-6,8H2,1-2H3. The molecule has 0 amide bonds. The summed E-state index contributed by atoms with van der Waals surface area (Å²) in [7, 11) is 0. The van der Waals surface area contributed by atoms with E-state index in [1.165, 1.54) is 11.1 Å². The molecule has 0 saturated heterocycles. The van der Waals surface area contributed by atoms with Gasteiger partial charge in [0.05, 0.1) is 0 Å². The van der Waals surface area contributed by atoms with Crippen LogP contribution in [0.15, 0.2) is 23.8 Å². The Morgan fingerprint density at radius 1 is 1.35 bits per heavy atom. The fourth-order valence-corrected chi connectivity index (χ4v) is 3.39. The van der Waals surface area contributed by atoms with E-state index in [0.29, 0.717) is 12.2 Å². The summed E-state index contributed by atoms with van der Waals surface area (Å²) in [5.74, 6) is 0.592. The van der Waals surface area contributed by atoms with Crippen molar-refractivity contribution in [3.8, 4) is 5.75 Å². The van der Waals surface area contributed by atoms with Crippen molar-refractivity contribution in [1.82, 2.24) is 0 Å². The molecular formula is C15H16O2. The smallest absolute Gasteiger partial charge is 0.158 e. The van der Waals surface area contributed by atoms with Gasteiger partial charge in [0.2, 0.25) is 0 Å². The second-order valence-electron chi connectivity index (χ2n) is 5.50. The van der Waals surface area contributed by atoms with Gasteiger partial charge in [0, 0.05) is 6.42 Å². The minimum absolute atomic E-state index is 0.0914. The van der Waals surface area contributed by atoms with Crippen molar-refractivity contribution in [3.63, 3.8) is 0 Å². The number of fused-ring (bicyclic) bond motifs is 3. The minimum atomic E-state index is 0.0914. The van der Waals surface area contributed by atoms with Crippen molar-refractivity contribution < 1.29 is 9.90 Å². The van der Waals surface area contributed by atoms with E-state index in [2.05, 4.69) is 6.92 Å². The first-order chi connectivity index (χ1) is 8.01. The van der Waals surface area contributed by atoms with E-state index >= 15 is 0 Å². The third-order valence-electron chi connectivity index (χ3n) is 4.24. The number of carbonyl (C=O) groups excluding carboxylic acids is 1. The Labute approximate surface area is 101 Å². The largest absolute Gasteiger partial charge is 0.508 e. The average Bonchev–Trinajstić information content (AvgIpc) is 2.56. The molecular weight excluding hydrogens is 212 g/mol. The Morgan fingerprint density at radius 3 is 2.88 bits per heavy atom. The van der Waals surface area contributed by atoms with E-state index < -0.39 is 0 Å². The second kappa shape index (κ2) is 3.22. The van der Waals surface area contributed by atoms with Crippen LogP contribution in [0, 0.1) is 5.41 Å². The van der Waals surface area contributed by atoms with Gasteiger partial charge in [-0.2, -0.15) is 0 Å². The number of carbonyl (C=O) groups is 1. The zero-order valence-electron chi connectivity index (χ0n) is 10.2. The van der Waals surface area contributed by atoms with Crippen LogP contribution in [0.1, 0.15) is 37.8 Å². The monoisotopic (exact) mass is 228 g/mol. The van der Waals surface area contributed by atoms with Gasteiger partial charge < -0.3 is 5.11 Å². The summed E-state index contributed by atoms with van der Waals surface area (Å²) in [6.45, 7) is 4.17. The molecule has 0 spiro atoms. The molecule has 0 bridgehead atoms. The van der Waals surface area contributed by atoms with E-state index in [1.807, 2.05) is 19.1 Å². The third-order valence-corrected chi connectivity index (χ3v) is 4.24. The molecule has 17 heavy (non-hydrogen) atoms. The van der Waals surface area contributed by atoms with Gasteiger partial charge in [-0.25, -0.2) is 0 Å². The summed E-state index contributed by atoms with van der Waals surface area (Å²) in [4.78, 5) is 11.8. The van der Waals surface area contributed by atoms with Crippen molar-refractivity contribution in [2.75, 3.05) is 0 Å². The summed E-state index contributed by atoms with van der Waals surface area (Å²) in [5.41, 5.74) is 4.56. The fourth-order valence-electron chi connectivity index (χ4n) is 3.39. The van der Waals surface area contributed by atoms with E-state index in [1.54, 1.807) is 6.07 Å². The maximum atomic E-state index is 11.8. The number of Topliss-reactive ketones (excluding diaryl/α,β-unsaturated/α-hetero) is 1. The van der Waals surface area contributed by atoms with Gasteiger partial charge in [-0.1, -0.05) is 13.0 Å². The van der Waals surface area contributed by atoms with Gasteiger partial charge in [0.15, 0.2) is 5.78 Å². The summed E-state index contributed by atoms with van der Waals surface area (Å²) in [6, 6.07) is 5.50. The average molecular weight is 228 g/mol. The highest BCUT2D eigenvalue weighted by atomic mass is 16.3. The third kappa shape index (κ3) is 1.36. The van der Waals surface area contributed by atoms with Crippen LogP contribution in [-0.4, -0.2) is 10.9 Å². The molecule has 1 aromatic rings. The zero-order valence-corrected chi connectivity index (χ0v) is 10.2. The number of benzene rings is 1. The van der Waals surface area contributed by atoms with Crippen LogP contribution >= 0.6 is 0 Å². The quantitative estimate of drug-likeness (QED) is 0.741. The Kier molecular flexibility index (Phi) is 2.00. The van der Waals surface area contributed by atoms with Crippen molar-refractivity contribution >= 4 is 11.4 Å². The molecule has 1 aromatic carbocycles. The Balaban J connectivity index is 2.27. The highest BCUT2D eigenvalue weighted by Gasteiger charge is 2.42. The fraction of sp³-hybridized carbons (Fsp3) is 0.400. The van der Waals surface area contributed by atoms with E-state index in [-0.39, 0.29) is 11.2 Å². The lowest BCUT2D eigenvalue weighted by Crippen LogP contribution is -2.24. The van der Waals surface area contributed by atoms with Gasteiger partial charge in [-0.05, 0) is 59.6 Å². The molecule has 0 heterocycles. The van der Waals surface area contributed by atoms with Crippen LogP contribution in [-0.2, 0) is 11.2 Å². The SMILES string of the molecule is CC1=C2c3ccc(O)cc3CC2(C)CCC1=O. The van der Waals surface area contributed by atoms with Crippen LogP contribution in [0.2, 0.25) is 0 Å². The minimum Gasteiger partial charge on any atom is -0.508 e. The van der Waals surface area contributed by atoms with Crippen molar-refractivity contribution in [2.45, 2.75) is 33.1 Å². The van der Waals surface area contributed by atoms with Gasteiger partial charge in [0.25, 0.3) is 0 Å². The number of hydrogen-bond acceptors (Lipinski definition) is 2. The molecule has 1 N–H and O–H groups in total. The van der Waals surface area contributed by atoms with Crippen LogP contribution in [0.25, 0.3) is 5.57 Å². The highest BCUT2D eigenvalue weighted by molar-refractivity contribution is 6.05. The Morgan fingerprint density at radius 2 is 2.12 bits per heavy atom. The normalized spacial score (nSPS) is 27.1. The summed E-state index contributed by atoms with van der Waals surface area (Å²) >= 11 is 0. The molecule has 0 aromatic heterocycles. The number of phenols is 1. The number of aromatic hydroxyl groups is 1. The lowest BCUT2D eigenvalue weighted by Gasteiger charge is -2.31. The first-order valence-corrected chi connectivity index (χ1v) is 6.08. The molecule has 3 rings (SSSR count). The van der Waals surface area contributed by atoms with E-state index in [9.17, 15) is 9.90 Å². The second-order valence-corrected chi connectivity index (χ2v) is 5.50. The Hall–Kier alpha value is -1.57. The van der Waals surface area contributed by atoms with Crippen LogP contribution in [0.3, 0.4) is 0 Å². The maximum Gasteiger partial charge on any atom is 0.158 e. The van der Waals surface area contributed by atoms with Gasteiger partial charge >= 0.3 is 0 Å². The van der Waals surface area contributed by atoms with Crippen molar-refractivity contribution in [2.24, 2.45) is 5.41 Å². The summed E-state index contributed by atoms with van der Waals surface area (Å²) in [6.07, 6.45) is 2.52. The van der Waals surface area contributed by atoms with Crippen molar-refractivity contribution in [1.29, 1.82) is 0 Å². The maximum absolute atomic E-state index is 11.8. The molecule has 0 saturated carbocycles. The molecule has 0 radical (unpaired) electrons. The number of rotatable bonds is 0. The van der Waals surface area contributed by atoms with Crippen LogP contribution in [0.5, 0.6) is 5.75 Å². The first-order valence-electron chi connectivity index (χ1n) is 6.08. The summed E-state index contributed by atoms with van der Waals surface area (Å²) in [5, 5.41) is 9.55. The van der Waals surface area contributed by atoms with Crippen LogP contribution in [0.4, 0.5) is 0 Å². The molecule has 2 heteroatoms. The number of phenolic OH excluding ortho intramolecular Hbond substituents is 1. The molecule has 2 aliphatic carbocycles. The van der Waals surface area contributed by atoms with Gasteiger partial charge in [-0.3, -0.25) is 4.79 Å². The molecule has 2 aliphatic rings. The van der Waals surface area contributed by atoms with Crippen LogP contribution < -0.4 is 0 Å². The molecule has 88 valence electrons. The predicted molar refractivity (Wildman–Crippen MR) is 66.8 cm³/mol. The van der Waals surface area contributed by atoms with E-state index in [4.69, 9.17) is 0 Å². The number of allylic oxidation sites excluding steroid dienone is 2. The lowest BCUT2D eigenvalue weighted by atomic mass is 9.71. The molecule has 0 aliphatic heterocycles. The Bertz CT molecular complexity index is 554. The highest BCUT2D eigenvalue weighted by Crippen LogP contribution is 2.53. The molecule has 1 unspecified atom stereocenters. The number of hydrogen-bond donors (Lipinski definition) is 1. The zero-order chi connectivity index (χ0) is 12.2. The summed E-state index contributed by atoms with van der Waals surface area (Å²) < 4.78 is 0. The first kappa shape index (κ1) is 10.6. The molecule has 1 atom stereocenters. The topological polar surface area (TPSA) is 37.3 Å². The lowest BCUT2D eigenvalue weighted by molar-refractivity contribution is -0.116. The molecule has 2 nitrogen and oxygen atoms in total. The van der Waals surface area contributed by atoms with Gasteiger partial charge in [-0.15, -0.1) is 0 Å². The number of ketones is 1. The van der Waals surface area contributed by atoms with Gasteiger partial charge in [0.1, 0.15) is 5.75 Å². The van der Waals surface area contributed by atoms with E-state index in [0.717, 1.165) is 24.0 Å². The predicted octanol–water partition coefficient (Wildman–Crippen LogP) is 3.09.